The first-order valence-corrected chi connectivity index (χ1v) is 25.9. The monoisotopic (exact) mass is 982 g/mol. The molecule has 19 heteroatoms. The van der Waals surface area contributed by atoms with Crippen molar-refractivity contribution in [2.24, 2.45) is 0 Å². The Hall–Kier alpha value is -1.47. The van der Waals surface area contributed by atoms with Crippen molar-refractivity contribution in [2.75, 3.05) is 26.4 Å². The van der Waals surface area contributed by atoms with E-state index in [4.69, 9.17) is 28.4 Å². The summed E-state index contributed by atoms with van der Waals surface area (Å²) in [5.74, 6) is -0.255. The minimum Gasteiger partial charge on any atom is -0.394 e. The number of allylic oxidation sites excluding steroid dienone is 2. The number of hydrogen-bond donors (Lipinski definition) is 12. The molecule has 0 aromatic carbocycles. The first-order chi connectivity index (χ1) is 32.8. The quantitative estimate of drug-likeness (QED) is 0.0315. The molecule has 3 aliphatic heterocycles. The summed E-state index contributed by atoms with van der Waals surface area (Å²) in [6.07, 6.45) is 2.67. The van der Waals surface area contributed by atoms with Crippen molar-refractivity contribution in [1.29, 1.82) is 0 Å². The minimum absolute atomic E-state index is 0.255. The number of rotatable bonds is 36. The molecule has 0 aliphatic carbocycles. The van der Waals surface area contributed by atoms with E-state index in [9.17, 15) is 61.0 Å². The highest BCUT2D eigenvalue weighted by Crippen LogP contribution is 2.33. The van der Waals surface area contributed by atoms with Crippen LogP contribution in [0, 0.1) is 0 Å². The zero-order valence-electron chi connectivity index (χ0n) is 40.8. The number of hydrogen-bond acceptors (Lipinski definition) is 18. The normalized spacial score (nSPS) is 33.2. The fourth-order valence-electron chi connectivity index (χ4n) is 8.95. The Labute approximate surface area is 404 Å². The molecule has 17 atom stereocenters. The van der Waals surface area contributed by atoms with Crippen LogP contribution in [0.15, 0.2) is 12.2 Å². The Morgan fingerprint density at radius 3 is 1.43 bits per heavy atom. The molecule has 0 saturated carbocycles. The van der Waals surface area contributed by atoms with Gasteiger partial charge in [0.25, 0.3) is 0 Å². The molecule has 1 amide bonds. The first-order valence-electron chi connectivity index (χ1n) is 25.9. The van der Waals surface area contributed by atoms with E-state index in [1.807, 2.05) is 0 Å². The van der Waals surface area contributed by atoms with Gasteiger partial charge in [-0.1, -0.05) is 129 Å². The van der Waals surface area contributed by atoms with Crippen LogP contribution < -0.4 is 5.32 Å². The Morgan fingerprint density at radius 2 is 0.926 bits per heavy atom. The third-order valence-corrected chi connectivity index (χ3v) is 13.3. The number of ether oxygens (including phenoxy) is 6. The van der Waals surface area contributed by atoms with Gasteiger partial charge in [0.2, 0.25) is 5.91 Å². The summed E-state index contributed by atoms with van der Waals surface area (Å²) in [5, 5.41) is 119. The number of unbranched alkanes of at least 4 members (excludes halogenated alkanes) is 18. The fourth-order valence-corrected chi connectivity index (χ4v) is 8.95. The Morgan fingerprint density at radius 1 is 0.515 bits per heavy atom. The van der Waals surface area contributed by atoms with Crippen molar-refractivity contribution in [3.05, 3.63) is 12.2 Å². The highest BCUT2D eigenvalue weighted by molar-refractivity contribution is 5.76. The number of amides is 1. The number of carbonyl (C=O) groups excluding carboxylic acids is 1. The fraction of sp³-hybridized carbons (Fsp3) is 0.939. The zero-order valence-corrected chi connectivity index (χ0v) is 40.8. The minimum atomic E-state index is -1.97. The maximum Gasteiger partial charge on any atom is 0.220 e. The maximum absolute atomic E-state index is 13.1. The van der Waals surface area contributed by atoms with E-state index in [1.165, 1.54) is 77.0 Å². The van der Waals surface area contributed by atoms with Gasteiger partial charge < -0.3 is 89.9 Å². The topological polar surface area (TPSA) is 307 Å². The molecule has 68 heavy (non-hydrogen) atoms. The van der Waals surface area contributed by atoms with Gasteiger partial charge in [-0.2, -0.15) is 0 Å². The summed E-state index contributed by atoms with van der Waals surface area (Å²) >= 11 is 0. The van der Waals surface area contributed by atoms with E-state index >= 15 is 0 Å². The molecule has 0 aromatic rings. The van der Waals surface area contributed by atoms with Crippen molar-refractivity contribution in [2.45, 2.75) is 266 Å². The molecule has 3 rings (SSSR count). The van der Waals surface area contributed by atoms with E-state index in [1.54, 1.807) is 0 Å². The summed E-state index contributed by atoms with van der Waals surface area (Å²) in [6.45, 7) is 1.62. The summed E-state index contributed by atoms with van der Waals surface area (Å²) < 4.78 is 34.0. The zero-order chi connectivity index (χ0) is 49.8. The second-order valence-electron chi connectivity index (χ2n) is 19.0. The summed E-state index contributed by atoms with van der Waals surface area (Å²) in [7, 11) is 0. The largest absolute Gasteiger partial charge is 0.394 e. The van der Waals surface area contributed by atoms with E-state index in [-0.39, 0.29) is 18.9 Å². The standard InChI is InChI=1S/C49H91NO18/c1-3-5-7-9-10-11-12-13-14-15-16-17-18-19-20-21-22-23-25-27-37(55)50-32(33(54)26-24-8-6-4-2)31-63-47-43(61)40(58)45(35(29-52)65-47)68-49-44(62)41(59)46(36(30-53)66-49)67-48-42(60)39(57)38(56)34(28-51)64-48/h13-14,32-36,38-49,51-54,56-62H,3-12,15-31H2,1-2H3,(H,50,55)/b14-13-. The molecule has 3 aliphatic rings. The average molecular weight is 982 g/mol. The number of aliphatic hydroxyl groups excluding tert-OH is 11. The van der Waals surface area contributed by atoms with Crippen LogP contribution in [0.4, 0.5) is 0 Å². The highest BCUT2D eigenvalue weighted by Gasteiger charge is 2.53. The van der Waals surface area contributed by atoms with Crippen molar-refractivity contribution < 1.29 is 89.4 Å². The van der Waals surface area contributed by atoms with Crippen LogP contribution >= 0.6 is 0 Å². The Kier molecular flexibility index (Phi) is 31.1. The number of aliphatic hydroxyl groups is 11. The van der Waals surface area contributed by atoms with Crippen molar-refractivity contribution in [1.82, 2.24) is 5.32 Å². The van der Waals surface area contributed by atoms with Crippen molar-refractivity contribution in [3.8, 4) is 0 Å². The Balaban J connectivity index is 1.44. The lowest BCUT2D eigenvalue weighted by molar-refractivity contribution is -0.379. The van der Waals surface area contributed by atoms with Crippen LogP contribution in [0.3, 0.4) is 0 Å². The molecule has 0 aromatic heterocycles. The van der Waals surface area contributed by atoms with Crippen LogP contribution in [0.5, 0.6) is 0 Å². The van der Waals surface area contributed by atoms with Crippen LogP contribution in [0.1, 0.15) is 162 Å². The smallest absolute Gasteiger partial charge is 0.220 e. The van der Waals surface area contributed by atoms with Gasteiger partial charge in [-0.05, 0) is 38.5 Å². The SMILES string of the molecule is CCCCCCCC/C=C\CCCCCCCCCCCC(=O)NC(COC1OC(CO)C(OC2OC(CO)C(OC3OC(CO)C(O)C(O)C3O)C(O)C2O)C(O)C1O)C(O)CCCCCC. The van der Waals surface area contributed by atoms with Gasteiger partial charge in [-0.25, -0.2) is 0 Å². The van der Waals surface area contributed by atoms with E-state index in [0.29, 0.717) is 19.3 Å². The summed E-state index contributed by atoms with van der Waals surface area (Å²) in [4.78, 5) is 13.1. The van der Waals surface area contributed by atoms with Crippen molar-refractivity contribution in [3.63, 3.8) is 0 Å². The molecule has 400 valence electrons. The summed E-state index contributed by atoms with van der Waals surface area (Å²) in [6, 6.07) is -0.879. The third kappa shape index (κ3) is 20.6. The van der Waals surface area contributed by atoms with E-state index in [0.717, 1.165) is 44.9 Å². The second-order valence-corrected chi connectivity index (χ2v) is 19.0. The third-order valence-electron chi connectivity index (χ3n) is 13.3. The van der Waals surface area contributed by atoms with Gasteiger partial charge in [0.1, 0.15) is 73.2 Å². The maximum atomic E-state index is 13.1. The van der Waals surface area contributed by atoms with Crippen LogP contribution in [0.2, 0.25) is 0 Å². The molecule has 0 radical (unpaired) electrons. The predicted molar refractivity (Wildman–Crippen MR) is 250 cm³/mol. The summed E-state index contributed by atoms with van der Waals surface area (Å²) in [5.41, 5.74) is 0. The molecular formula is C49H91NO18. The molecule has 12 N–H and O–H groups in total. The molecule has 3 heterocycles. The van der Waals surface area contributed by atoms with Gasteiger partial charge in [0.05, 0.1) is 38.6 Å². The van der Waals surface area contributed by atoms with Crippen LogP contribution in [0.25, 0.3) is 0 Å². The molecule has 3 fully saturated rings. The second kappa shape index (κ2) is 34.8. The Bertz CT molecular complexity index is 1310. The molecule has 17 unspecified atom stereocenters. The van der Waals surface area contributed by atoms with Crippen molar-refractivity contribution >= 4 is 5.91 Å². The lowest BCUT2D eigenvalue weighted by Crippen LogP contribution is -2.66. The molecule has 19 nitrogen and oxygen atoms in total. The first kappa shape index (κ1) is 60.8. The van der Waals surface area contributed by atoms with E-state index < -0.39 is 124 Å². The molecule has 0 bridgehead atoms. The number of nitrogens with one attached hydrogen (secondary N) is 1. The molecular weight excluding hydrogens is 891 g/mol. The van der Waals surface area contributed by atoms with Gasteiger partial charge in [0, 0.05) is 6.42 Å². The molecule has 3 saturated heterocycles. The van der Waals surface area contributed by atoms with Crippen LogP contribution in [-0.4, -0.2) is 193 Å². The van der Waals surface area contributed by atoms with Crippen LogP contribution in [-0.2, 0) is 33.2 Å². The molecule has 0 spiro atoms. The highest BCUT2D eigenvalue weighted by atomic mass is 16.8. The lowest BCUT2D eigenvalue weighted by Gasteiger charge is -2.48. The van der Waals surface area contributed by atoms with Gasteiger partial charge in [-0.15, -0.1) is 0 Å². The van der Waals surface area contributed by atoms with Gasteiger partial charge >= 0.3 is 0 Å². The lowest BCUT2D eigenvalue weighted by atomic mass is 9.96. The average Bonchev–Trinajstić information content (AvgIpc) is 3.33. The van der Waals surface area contributed by atoms with Gasteiger partial charge in [0.15, 0.2) is 18.9 Å². The van der Waals surface area contributed by atoms with E-state index in [2.05, 4.69) is 31.3 Å². The van der Waals surface area contributed by atoms with Gasteiger partial charge in [-0.3, -0.25) is 4.79 Å². The predicted octanol–water partition coefficient (Wildman–Crippen LogP) is 1.87. The number of carbonyl (C=O) groups is 1.